The third-order valence-corrected chi connectivity index (χ3v) is 15.4. The van der Waals surface area contributed by atoms with E-state index in [0.717, 1.165) is 25.7 Å². The molecule has 1 aliphatic rings. The SMILES string of the molecule is CC(C)(C)[Si](C)(C)O[C@@H]1C/C=C\C[C@@H](O[Si](C)(C)C(C)(C)C)CC1. The lowest BCUT2D eigenvalue weighted by Crippen LogP contribution is -2.45. The van der Waals surface area contributed by atoms with E-state index in [1.807, 2.05) is 0 Å². The summed E-state index contributed by atoms with van der Waals surface area (Å²) in [5.74, 6) is 0. The summed E-state index contributed by atoms with van der Waals surface area (Å²) in [5, 5.41) is 0.548. The maximum Gasteiger partial charge on any atom is 0.192 e. The van der Waals surface area contributed by atoms with E-state index in [4.69, 9.17) is 8.85 Å². The maximum atomic E-state index is 6.67. The lowest BCUT2D eigenvalue weighted by Gasteiger charge is -2.41. The highest BCUT2D eigenvalue weighted by Crippen LogP contribution is 2.40. The van der Waals surface area contributed by atoms with Crippen molar-refractivity contribution in [1.82, 2.24) is 0 Å². The van der Waals surface area contributed by atoms with Crippen molar-refractivity contribution in [2.75, 3.05) is 0 Å². The van der Waals surface area contributed by atoms with Crippen LogP contribution in [0.25, 0.3) is 0 Å². The summed E-state index contributed by atoms with van der Waals surface area (Å²) >= 11 is 0. The van der Waals surface area contributed by atoms with Crippen molar-refractivity contribution >= 4 is 16.6 Å². The van der Waals surface area contributed by atoms with Gasteiger partial charge in [0.05, 0.1) is 0 Å². The van der Waals surface area contributed by atoms with Gasteiger partial charge in [-0.15, -0.1) is 0 Å². The first kappa shape index (κ1) is 22.1. The molecule has 4 heteroatoms. The molecular weight excluding hydrogens is 328 g/mol. The Morgan fingerprint density at radius 3 is 1.21 bits per heavy atom. The van der Waals surface area contributed by atoms with Gasteiger partial charge in [-0.3, -0.25) is 0 Å². The van der Waals surface area contributed by atoms with Crippen LogP contribution in [0.5, 0.6) is 0 Å². The van der Waals surface area contributed by atoms with Gasteiger partial charge >= 0.3 is 0 Å². The summed E-state index contributed by atoms with van der Waals surface area (Å²) in [5.41, 5.74) is 0. The summed E-state index contributed by atoms with van der Waals surface area (Å²) in [4.78, 5) is 0. The third kappa shape index (κ3) is 6.12. The molecule has 0 fully saturated rings. The highest BCUT2D eigenvalue weighted by molar-refractivity contribution is 6.74. The molecule has 1 rings (SSSR count). The van der Waals surface area contributed by atoms with Crippen LogP contribution in [0, 0.1) is 0 Å². The van der Waals surface area contributed by atoms with Crippen LogP contribution in [-0.4, -0.2) is 28.8 Å². The Hall–Kier alpha value is 0.0938. The Morgan fingerprint density at radius 1 is 0.667 bits per heavy atom. The Bertz CT molecular complexity index is 388. The maximum absolute atomic E-state index is 6.67. The fraction of sp³-hybridized carbons (Fsp3) is 0.900. The Kier molecular flexibility index (Phi) is 7.16. The topological polar surface area (TPSA) is 18.5 Å². The van der Waals surface area contributed by atoms with Crippen LogP contribution in [0.2, 0.25) is 36.3 Å². The highest BCUT2D eigenvalue weighted by atomic mass is 28.4. The molecule has 0 aromatic carbocycles. The van der Waals surface area contributed by atoms with E-state index in [2.05, 4.69) is 79.9 Å². The summed E-state index contributed by atoms with van der Waals surface area (Å²) in [6, 6.07) is 0. The van der Waals surface area contributed by atoms with Gasteiger partial charge in [-0.2, -0.15) is 0 Å². The second kappa shape index (κ2) is 7.77. The molecular formula is C20H42O2Si2. The van der Waals surface area contributed by atoms with E-state index < -0.39 is 16.6 Å². The molecule has 0 aromatic rings. The minimum atomic E-state index is -1.70. The minimum Gasteiger partial charge on any atom is -0.414 e. The molecule has 0 amide bonds. The molecule has 0 saturated carbocycles. The third-order valence-electron chi connectivity index (χ3n) is 6.31. The highest BCUT2D eigenvalue weighted by Gasteiger charge is 2.40. The lowest BCUT2D eigenvalue weighted by atomic mass is 10.0. The van der Waals surface area contributed by atoms with Crippen LogP contribution >= 0.6 is 0 Å². The quantitative estimate of drug-likeness (QED) is 0.396. The largest absolute Gasteiger partial charge is 0.414 e. The van der Waals surface area contributed by atoms with Gasteiger partial charge in [0.25, 0.3) is 0 Å². The summed E-state index contributed by atoms with van der Waals surface area (Å²) in [6.45, 7) is 23.4. The van der Waals surface area contributed by atoms with E-state index in [9.17, 15) is 0 Å². The van der Waals surface area contributed by atoms with E-state index in [1.54, 1.807) is 0 Å². The van der Waals surface area contributed by atoms with Crippen molar-refractivity contribution in [2.45, 2.75) is 116 Å². The van der Waals surface area contributed by atoms with Gasteiger partial charge in [-0.25, -0.2) is 0 Å². The van der Waals surface area contributed by atoms with Gasteiger partial charge in [0.2, 0.25) is 0 Å². The molecule has 0 saturated heterocycles. The van der Waals surface area contributed by atoms with Gasteiger partial charge in [0.1, 0.15) is 0 Å². The van der Waals surface area contributed by atoms with Crippen molar-refractivity contribution in [3.8, 4) is 0 Å². The number of rotatable bonds is 4. The van der Waals surface area contributed by atoms with Crippen molar-refractivity contribution in [3.05, 3.63) is 12.2 Å². The van der Waals surface area contributed by atoms with E-state index >= 15 is 0 Å². The first-order chi connectivity index (χ1) is 10.7. The fourth-order valence-electron chi connectivity index (χ4n) is 2.50. The standard InChI is InChI=1S/C20H42O2Si2/c1-19(2,3)23(7,8)21-17-13-11-12-14-18(16-15-17)22-24(9,10)20(4,5)6/h11-12,17-18H,13-16H2,1-10H3/b12-11-/t17-,18-/m1/s1. The molecule has 0 aromatic heterocycles. The van der Waals surface area contributed by atoms with Crippen molar-refractivity contribution in [3.63, 3.8) is 0 Å². The molecule has 0 heterocycles. The molecule has 0 unspecified atom stereocenters. The Labute approximate surface area is 153 Å². The van der Waals surface area contributed by atoms with Gasteiger partial charge in [-0.1, -0.05) is 53.7 Å². The van der Waals surface area contributed by atoms with Gasteiger partial charge in [0, 0.05) is 12.2 Å². The van der Waals surface area contributed by atoms with Crippen LogP contribution in [0.3, 0.4) is 0 Å². The average Bonchev–Trinajstić information content (AvgIpc) is 2.33. The Morgan fingerprint density at radius 2 is 0.958 bits per heavy atom. The van der Waals surface area contributed by atoms with Crippen molar-refractivity contribution in [1.29, 1.82) is 0 Å². The van der Waals surface area contributed by atoms with Crippen LogP contribution in [0.1, 0.15) is 67.2 Å². The van der Waals surface area contributed by atoms with Gasteiger partial charge in [-0.05, 0) is 61.9 Å². The molecule has 0 N–H and O–H groups in total. The molecule has 1 aliphatic carbocycles. The zero-order valence-electron chi connectivity index (χ0n) is 18.0. The van der Waals surface area contributed by atoms with Crippen LogP contribution in [0.15, 0.2) is 12.2 Å². The van der Waals surface area contributed by atoms with Crippen LogP contribution in [-0.2, 0) is 8.85 Å². The van der Waals surface area contributed by atoms with E-state index in [-0.39, 0.29) is 10.1 Å². The van der Waals surface area contributed by atoms with Crippen molar-refractivity contribution in [2.24, 2.45) is 0 Å². The summed E-state index contributed by atoms with van der Waals surface area (Å²) in [6.07, 6.45) is 9.70. The molecule has 0 aliphatic heterocycles. The number of hydrogen-bond donors (Lipinski definition) is 0. The second-order valence-electron chi connectivity index (χ2n) is 10.5. The van der Waals surface area contributed by atoms with E-state index in [0.29, 0.717) is 12.2 Å². The van der Waals surface area contributed by atoms with Gasteiger partial charge < -0.3 is 8.85 Å². The predicted octanol–water partition coefficient (Wildman–Crippen LogP) is 6.90. The fourth-order valence-corrected chi connectivity index (χ4v) is 5.31. The molecule has 142 valence electrons. The average molecular weight is 371 g/mol. The molecule has 0 spiro atoms. The Balaban J connectivity index is 2.72. The zero-order valence-corrected chi connectivity index (χ0v) is 20.0. The predicted molar refractivity (Wildman–Crippen MR) is 112 cm³/mol. The summed E-state index contributed by atoms with van der Waals surface area (Å²) < 4.78 is 13.3. The smallest absolute Gasteiger partial charge is 0.192 e. The minimum absolute atomic E-state index is 0.274. The first-order valence-electron chi connectivity index (χ1n) is 9.66. The molecule has 0 bridgehead atoms. The zero-order chi connectivity index (χ0) is 18.8. The van der Waals surface area contributed by atoms with E-state index in [1.165, 1.54) is 0 Å². The lowest BCUT2D eigenvalue weighted by molar-refractivity contribution is 0.122. The first-order valence-corrected chi connectivity index (χ1v) is 15.5. The van der Waals surface area contributed by atoms with Crippen LogP contribution in [0.4, 0.5) is 0 Å². The van der Waals surface area contributed by atoms with Crippen molar-refractivity contribution < 1.29 is 8.85 Å². The molecule has 24 heavy (non-hydrogen) atoms. The molecule has 2 atom stereocenters. The molecule has 0 radical (unpaired) electrons. The number of hydrogen-bond acceptors (Lipinski definition) is 2. The van der Waals surface area contributed by atoms with Gasteiger partial charge in [0.15, 0.2) is 16.6 Å². The summed E-state index contributed by atoms with van der Waals surface area (Å²) in [7, 11) is -3.39. The second-order valence-corrected chi connectivity index (χ2v) is 20.0. The monoisotopic (exact) mass is 370 g/mol. The normalized spacial score (nSPS) is 25.9. The van der Waals surface area contributed by atoms with Crippen LogP contribution < -0.4 is 0 Å². The molecule has 2 nitrogen and oxygen atoms in total.